The van der Waals surface area contributed by atoms with E-state index in [-0.39, 0.29) is 0 Å². The van der Waals surface area contributed by atoms with Gasteiger partial charge < -0.3 is 10.5 Å². The van der Waals surface area contributed by atoms with Crippen LogP contribution in [0.3, 0.4) is 0 Å². The van der Waals surface area contributed by atoms with E-state index in [9.17, 15) is 4.79 Å². The van der Waals surface area contributed by atoms with Crippen molar-refractivity contribution < 1.29 is 9.53 Å². The van der Waals surface area contributed by atoms with Gasteiger partial charge in [-0.2, -0.15) is 0 Å². The van der Waals surface area contributed by atoms with Gasteiger partial charge >= 0.3 is 6.09 Å². The van der Waals surface area contributed by atoms with Gasteiger partial charge in [-0.05, 0) is 32.6 Å². The van der Waals surface area contributed by atoms with E-state index in [1.54, 1.807) is 6.92 Å². The van der Waals surface area contributed by atoms with Crippen molar-refractivity contribution in [2.75, 3.05) is 6.61 Å². The number of allylic oxidation sites excluding steroid dienone is 2. The first-order valence-corrected chi connectivity index (χ1v) is 5.83. The van der Waals surface area contributed by atoms with E-state index in [4.69, 9.17) is 0 Å². The van der Waals surface area contributed by atoms with E-state index >= 15 is 0 Å². The van der Waals surface area contributed by atoms with Crippen LogP contribution in [0.1, 0.15) is 45.4 Å². The van der Waals surface area contributed by atoms with E-state index in [0.717, 1.165) is 0 Å². The first kappa shape index (κ1) is 17.2. The van der Waals surface area contributed by atoms with Gasteiger partial charge in [-0.25, -0.2) is 4.79 Å². The average Bonchev–Trinajstić information content (AvgIpc) is 2.24. The lowest BCUT2D eigenvalue weighted by Crippen LogP contribution is -2.11. The summed E-state index contributed by atoms with van der Waals surface area (Å²) in [4.78, 5) is 9.60. The van der Waals surface area contributed by atoms with Crippen LogP contribution < -0.4 is 5.73 Å². The lowest BCUT2D eigenvalue weighted by atomic mass is 10.1. The van der Waals surface area contributed by atoms with Gasteiger partial charge in [-0.3, -0.25) is 0 Å². The minimum Gasteiger partial charge on any atom is -0.450 e. The van der Waals surface area contributed by atoms with Crippen molar-refractivity contribution in [3.05, 3.63) is 25.3 Å². The molecule has 0 aromatic heterocycles. The molecule has 0 radical (unpaired) electrons. The first-order valence-electron chi connectivity index (χ1n) is 5.83. The van der Waals surface area contributed by atoms with Crippen molar-refractivity contribution in [1.82, 2.24) is 0 Å². The molecule has 1 amide bonds. The quantitative estimate of drug-likeness (QED) is 0.506. The highest BCUT2D eigenvalue weighted by Crippen LogP contribution is 2.05. The molecule has 3 nitrogen and oxygen atoms in total. The molecule has 0 rings (SSSR count). The number of carbonyl (C=O) groups is 1. The third-order valence-corrected chi connectivity index (χ3v) is 1.85. The Kier molecular flexibility index (Phi) is 17.4. The second-order valence-electron chi connectivity index (χ2n) is 3.32. The van der Waals surface area contributed by atoms with Crippen LogP contribution in [0, 0.1) is 0 Å². The number of primary amides is 1. The summed E-state index contributed by atoms with van der Waals surface area (Å²) in [6.07, 6.45) is 10.9. The van der Waals surface area contributed by atoms with Gasteiger partial charge in [0.25, 0.3) is 0 Å². The number of nitrogens with two attached hydrogens (primary N) is 1. The van der Waals surface area contributed by atoms with Crippen LogP contribution in [0.5, 0.6) is 0 Å². The van der Waals surface area contributed by atoms with Gasteiger partial charge in [0.15, 0.2) is 0 Å². The summed E-state index contributed by atoms with van der Waals surface area (Å²) >= 11 is 0. The van der Waals surface area contributed by atoms with Crippen molar-refractivity contribution in [3.8, 4) is 0 Å². The Morgan fingerprint density at radius 1 is 1.12 bits per heavy atom. The summed E-state index contributed by atoms with van der Waals surface area (Å²) < 4.78 is 4.18. The minimum absolute atomic E-state index is 0.356. The molecule has 0 unspecified atom stereocenters. The Hall–Kier alpha value is -1.25. The molecule has 0 aliphatic heterocycles. The minimum atomic E-state index is -0.711. The predicted molar refractivity (Wildman–Crippen MR) is 69.3 cm³/mol. The lowest BCUT2D eigenvalue weighted by molar-refractivity contribution is 0.163. The summed E-state index contributed by atoms with van der Waals surface area (Å²) in [6, 6.07) is 0. The number of ether oxygens (including phenoxy) is 1. The normalized spacial score (nSPS) is 8.56. The third-order valence-electron chi connectivity index (χ3n) is 1.85. The number of carbonyl (C=O) groups excluding carboxylic acids is 1. The Morgan fingerprint density at radius 2 is 1.56 bits per heavy atom. The van der Waals surface area contributed by atoms with Gasteiger partial charge in [-0.1, -0.05) is 25.0 Å². The van der Waals surface area contributed by atoms with Gasteiger partial charge in [-0.15, -0.1) is 13.2 Å². The highest BCUT2D eigenvalue weighted by Gasteiger charge is 1.85. The maximum Gasteiger partial charge on any atom is 0.404 e. The smallest absolute Gasteiger partial charge is 0.404 e. The zero-order valence-corrected chi connectivity index (χ0v) is 10.4. The monoisotopic (exact) mass is 227 g/mol. The Bertz CT molecular complexity index is 167. The molecule has 0 aromatic carbocycles. The number of hydrogen-bond donors (Lipinski definition) is 1. The fraction of sp³-hybridized carbons (Fsp3) is 0.615. The molecule has 0 spiro atoms. The van der Waals surface area contributed by atoms with Crippen molar-refractivity contribution in [3.63, 3.8) is 0 Å². The maximum absolute atomic E-state index is 9.60. The summed E-state index contributed by atoms with van der Waals surface area (Å²) in [6.45, 7) is 9.41. The molecule has 16 heavy (non-hydrogen) atoms. The SMILES string of the molecule is C=CCCCCCCC=C.CCOC(N)=O. The van der Waals surface area contributed by atoms with Gasteiger partial charge in [0.2, 0.25) is 0 Å². The summed E-state index contributed by atoms with van der Waals surface area (Å²) in [5, 5.41) is 0. The van der Waals surface area contributed by atoms with Gasteiger partial charge in [0.05, 0.1) is 6.61 Å². The van der Waals surface area contributed by atoms with Gasteiger partial charge in [0, 0.05) is 0 Å². The second kappa shape index (κ2) is 16.2. The van der Waals surface area contributed by atoms with E-state index in [1.165, 1.54) is 38.5 Å². The molecule has 0 heterocycles. The largest absolute Gasteiger partial charge is 0.450 e. The van der Waals surface area contributed by atoms with Gasteiger partial charge in [0.1, 0.15) is 0 Å². The molecule has 0 atom stereocenters. The van der Waals surface area contributed by atoms with Crippen molar-refractivity contribution in [1.29, 1.82) is 0 Å². The highest BCUT2D eigenvalue weighted by molar-refractivity contribution is 5.64. The molecular formula is C13H25NO2. The molecule has 0 bridgehead atoms. The van der Waals surface area contributed by atoms with Crippen molar-refractivity contribution in [2.45, 2.75) is 45.4 Å². The average molecular weight is 227 g/mol. The number of unbranched alkanes of at least 4 members (excludes halogenated alkanes) is 5. The number of amides is 1. The van der Waals surface area contributed by atoms with Crippen LogP contribution in [0.4, 0.5) is 4.79 Å². The van der Waals surface area contributed by atoms with Crippen LogP contribution >= 0.6 is 0 Å². The fourth-order valence-corrected chi connectivity index (χ4v) is 1.07. The lowest BCUT2D eigenvalue weighted by Gasteiger charge is -1.95. The zero-order chi connectivity index (χ0) is 12.6. The molecule has 0 aliphatic carbocycles. The summed E-state index contributed by atoms with van der Waals surface area (Å²) in [7, 11) is 0. The van der Waals surface area contributed by atoms with Crippen LogP contribution in [-0.4, -0.2) is 12.7 Å². The van der Waals surface area contributed by atoms with Crippen molar-refractivity contribution >= 4 is 6.09 Å². The van der Waals surface area contributed by atoms with Crippen molar-refractivity contribution in [2.24, 2.45) is 5.73 Å². The molecule has 94 valence electrons. The third kappa shape index (κ3) is 23.0. The number of rotatable bonds is 8. The van der Waals surface area contributed by atoms with E-state index in [1.807, 2.05) is 12.2 Å². The molecule has 0 saturated carbocycles. The Morgan fingerprint density at radius 3 is 1.75 bits per heavy atom. The van der Waals surface area contributed by atoms with Crippen LogP contribution in [-0.2, 0) is 4.74 Å². The Balaban J connectivity index is 0. The molecular weight excluding hydrogens is 202 g/mol. The Labute approximate surface area is 99.4 Å². The standard InChI is InChI=1S/C10H18.C3H7NO2/c1-3-5-7-9-10-8-6-4-2;1-2-6-3(4)5/h3-4H,1-2,5-10H2;2H2,1H3,(H2,4,5). The van der Waals surface area contributed by atoms with E-state index < -0.39 is 6.09 Å². The maximum atomic E-state index is 9.60. The zero-order valence-electron chi connectivity index (χ0n) is 10.4. The van der Waals surface area contributed by atoms with Crippen LogP contribution in [0.25, 0.3) is 0 Å². The fourth-order valence-electron chi connectivity index (χ4n) is 1.07. The van der Waals surface area contributed by atoms with Crippen LogP contribution in [0.15, 0.2) is 25.3 Å². The molecule has 0 aromatic rings. The predicted octanol–water partition coefficient (Wildman–Crippen LogP) is 3.80. The van der Waals surface area contributed by atoms with E-state index in [0.29, 0.717) is 6.61 Å². The van der Waals surface area contributed by atoms with E-state index in [2.05, 4.69) is 23.6 Å². The number of hydrogen-bond acceptors (Lipinski definition) is 2. The molecule has 0 aliphatic rings. The topological polar surface area (TPSA) is 52.3 Å². The molecule has 3 heteroatoms. The molecule has 0 saturated heterocycles. The first-order chi connectivity index (χ1) is 7.68. The van der Waals surface area contributed by atoms with Crippen LogP contribution in [0.2, 0.25) is 0 Å². The highest BCUT2D eigenvalue weighted by atomic mass is 16.5. The summed E-state index contributed by atoms with van der Waals surface area (Å²) in [5.41, 5.74) is 4.54. The molecule has 0 fully saturated rings. The molecule has 2 N–H and O–H groups in total. The second-order valence-corrected chi connectivity index (χ2v) is 3.32. The summed E-state index contributed by atoms with van der Waals surface area (Å²) in [5.74, 6) is 0.